The van der Waals surface area contributed by atoms with Gasteiger partial charge in [0.15, 0.2) is 11.5 Å². The van der Waals surface area contributed by atoms with Gasteiger partial charge in [0.25, 0.3) is 5.69 Å². The summed E-state index contributed by atoms with van der Waals surface area (Å²) in [5, 5.41) is 18.7. The molecule has 2 heterocycles. The number of hydrogen-bond donors (Lipinski definition) is 0. The van der Waals surface area contributed by atoms with Crippen LogP contribution in [0.15, 0.2) is 76.1 Å². The average Bonchev–Trinajstić information content (AvgIpc) is 3.47. The Hall–Kier alpha value is -3.66. The highest BCUT2D eigenvalue weighted by Crippen LogP contribution is 2.33. The zero-order valence-electron chi connectivity index (χ0n) is 18.1. The van der Waals surface area contributed by atoms with E-state index >= 15 is 0 Å². The lowest BCUT2D eigenvalue weighted by atomic mass is 10.1. The summed E-state index contributed by atoms with van der Waals surface area (Å²) in [7, 11) is 0. The molecule has 0 saturated carbocycles. The van der Waals surface area contributed by atoms with Crippen molar-refractivity contribution in [2.45, 2.75) is 6.92 Å². The van der Waals surface area contributed by atoms with Gasteiger partial charge in [-0.15, -0.1) is 11.3 Å². The van der Waals surface area contributed by atoms with Crippen LogP contribution in [-0.4, -0.2) is 22.1 Å². The average molecular weight is 527 g/mol. The molecule has 4 aromatic rings. The molecule has 8 nitrogen and oxygen atoms in total. The molecule has 0 unspecified atom stereocenters. The number of aromatic nitrogens is 1. The van der Waals surface area contributed by atoms with Gasteiger partial charge in [-0.1, -0.05) is 23.2 Å². The fourth-order valence-electron chi connectivity index (χ4n) is 3.43. The molecular weight excluding hydrogens is 511 g/mol. The van der Waals surface area contributed by atoms with E-state index in [4.69, 9.17) is 42.8 Å². The van der Waals surface area contributed by atoms with Crippen molar-refractivity contribution in [2.75, 3.05) is 6.79 Å². The van der Waals surface area contributed by atoms with Crippen molar-refractivity contribution in [3.8, 4) is 22.8 Å². The van der Waals surface area contributed by atoms with Crippen LogP contribution in [0.5, 0.6) is 11.5 Å². The smallest absolute Gasteiger partial charge is 0.269 e. The van der Waals surface area contributed by atoms with Crippen LogP contribution in [0.25, 0.3) is 11.3 Å². The number of halogens is 2. The first kappa shape index (κ1) is 23.1. The first-order valence-corrected chi connectivity index (χ1v) is 11.9. The Morgan fingerprint density at radius 1 is 1.06 bits per heavy atom. The van der Waals surface area contributed by atoms with Crippen molar-refractivity contribution in [1.82, 2.24) is 4.68 Å². The van der Waals surface area contributed by atoms with E-state index in [1.54, 1.807) is 35.0 Å². The third-order valence-corrected chi connectivity index (χ3v) is 6.58. The molecule has 1 aliphatic heterocycles. The summed E-state index contributed by atoms with van der Waals surface area (Å²) in [5.74, 6) is 1.34. The molecule has 0 radical (unpaired) electrons. The number of thiazole rings is 1. The van der Waals surface area contributed by atoms with Crippen LogP contribution < -0.4 is 14.3 Å². The van der Waals surface area contributed by atoms with E-state index in [2.05, 4.69) is 0 Å². The van der Waals surface area contributed by atoms with Crippen LogP contribution in [0.4, 0.5) is 11.4 Å². The highest BCUT2D eigenvalue weighted by molar-refractivity contribution is 7.07. The number of hydrogen-bond acceptors (Lipinski definition) is 7. The van der Waals surface area contributed by atoms with E-state index in [9.17, 15) is 10.1 Å². The Labute approximate surface area is 213 Å². The molecule has 5 rings (SSSR count). The summed E-state index contributed by atoms with van der Waals surface area (Å²) in [6.07, 6.45) is 0. The van der Waals surface area contributed by atoms with E-state index in [1.165, 1.54) is 23.5 Å². The maximum atomic E-state index is 11.1. The van der Waals surface area contributed by atoms with Gasteiger partial charge in [-0.2, -0.15) is 5.10 Å². The Balaban J connectivity index is 1.65. The van der Waals surface area contributed by atoms with Gasteiger partial charge in [-0.25, -0.2) is 9.67 Å². The second-order valence-corrected chi connectivity index (χ2v) is 9.16. The van der Waals surface area contributed by atoms with Crippen molar-refractivity contribution in [3.63, 3.8) is 0 Å². The number of benzene rings is 3. The lowest BCUT2D eigenvalue weighted by molar-refractivity contribution is -0.384. The largest absolute Gasteiger partial charge is 0.454 e. The van der Waals surface area contributed by atoms with Crippen LogP contribution >= 0.6 is 34.5 Å². The van der Waals surface area contributed by atoms with Gasteiger partial charge in [0.05, 0.1) is 27.0 Å². The number of non-ortho nitro benzene ring substituents is 1. The molecule has 176 valence electrons. The van der Waals surface area contributed by atoms with E-state index in [-0.39, 0.29) is 12.5 Å². The molecule has 3 aromatic carbocycles. The van der Waals surface area contributed by atoms with E-state index in [0.717, 1.165) is 11.1 Å². The number of nitro benzene ring substituents is 1. The van der Waals surface area contributed by atoms with Crippen LogP contribution in [0.3, 0.4) is 0 Å². The predicted octanol–water partition coefficient (Wildman–Crippen LogP) is 6.67. The molecule has 0 spiro atoms. The van der Waals surface area contributed by atoms with Crippen LogP contribution in [-0.2, 0) is 0 Å². The number of nitrogens with zero attached hydrogens (tertiary/aromatic N) is 4. The SMILES string of the molecule is CC(=Nn1c(-c2ccc([N+](=O)[O-])cc2)csc1=Nc1ccc(Cl)cc1Cl)c1ccc2c(c1)OCO2. The minimum Gasteiger partial charge on any atom is -0.454 e. The lowest BCUT2D eigenvalue weighted by Gasteiger charge is -2.07. The zero-order valence-corrected chi connectivity index (χ0v) is 20.5. The summed E-state index contributed by atoms with van der Waals surface area (Å²) in [6, 6.07) is 16.9. The molecular formula is C24H16Cl2N4O4S. The minimum atomic E-state index is -0.434. The molecule has 0 amide bonds. The molecule has 11 heteroatoms. The number of nitro groups is 1. The lowest BCUT2D eigenvalue weighted by Crippen LogP contribution is -2.13. The van der Waals surface area contributed by atoms with Gasteiger partial charge in [-0.05, 0) is 55.5 Å². The Kier molecular flexibility index (Phi) is 6.29. The van der Waals surface area contributed by atoms with Gasteiger partial charge in [0.1, 0.15) is 0 Å². The fourth-order valence-corrected chi connectivity index (χ4v) is 4.72. The van der Waals surface area contributed by atoms with Crippen LogP contribution in [0.2, 0.25) is 10.0 Å². The van der Waals surface area contributed by atoms with Crippen molar-refractivity contribution in [1.29, 1.82) is 0 Å². The van der Waals surface area contributed by atoms with Gasteiger partial charge in [0.2, 0.25) is 11.6 Å². The fraction of sp³-hybridized carbons (Fsp3) is 0.0833. The Morgan fingerprint density at radius 3 is 2.57 bits per heavy atom. The minimum absolute atomic E-state index is 0.00780. The molecule has 0 bridgehead atoms. The van der Waals surface area contributed by atoms with Gasteiger partial charge >= 0.3 is 0 Å². The van der Waals surface area contributed by atoms with E-state index < -0.39 is 4.92 Å². The van der Waals surface area contributed by atoms with Gasteiger partial charge < -0.3 is 9.47 Å². The van der Waals surface area contributed by atoms with Gasteiger partial charge in [0, 0.05) is 33.7 Å². The topological polar surface area (TPSA) is 91.2 Å². The summed E-state index contributed by atoms with van der Waals surface area (Å²) in [4.78, 5) is 15.9. The summed E-state index contributed by atoms with van der Waals surface area (Å²) in [5.41, 5.74) is 3.56. The molecule has 0 N–H and O–H groups in total. The third-order valence-electron chi connectivity index (χ3n) is 5.23. The standard InChI is InChI=1S/C24H16Cl2N4O4S/c1-14(16-4-9-22-23(10-16)34-13-33-22)28-29-21(15-2-6-18(7-3-15)30(31)32)12-35-24(29)27-20-8-5-17(25)11-19(20)26/h2-12H,13H2,1H3. The highest BCUT2D eigenvalue weighted by Gasteiger charge is 2.16. The van der Waals surface area contributed by atoms with E-state index in [1.807, 2.05) is 30.5 Å². The Morgan fingerprint density at radius 2 is 1.83 bits per heavy atom. The molecule has 0 fully saturated rings. The highest BCUT2D eigenvalue weighted by atomic mass is 35.5. The first-order chi connectivity index (χ1) is 16.9. The summed E-state index contributed by atoms with van der Waals surface area (Å²) < 4.78 is 12.6. The van der Waals surface area contributed by atoms with Crippen molar-refractivity contribution in [3.05, 3.63) is 96.6 Å². The molecule has 1 aliphatic rings. The maximum Gasteiger partial charge on any atom is 0.269 e. The molecule has 0 aliphatic carbocycles. The van der Waals surface area contributed by atoms with Crippen LogP contribution in [0, 0.1) is 10.1 Å². The molecule has 0 saturated heterocycles. The van der Waals surface area contributed by atoms with E-state index in [0.29, 0.717) is 43.4 Å². The quantitative estimate of drug-likeness (QED) is 0.165. The second-order valence-electron chi connectivity index (χ2n) is 7.48. The number of rotatable bonds is 5. The van der Waals surface area contributed by atoms with Crippen molar-refractivity contribution < 1.29 is 14.4 Å². The number of ether oxygens (including phenoxy) is 2. The predicted molar refractivity (Wildman–Crippen MR) is 136 cm³/mol. The summed E-state index contributed by atoms with van der Waals surface area (Å²) in [6.45, 7) is 2.06. The van der Waals surface area contributed by atoms with Crippen molar-refractivity contribution in [2.24, 2.45) is 10.1 Å². The second kappa shape index (κ2) is 9.53. The molecule has 0 atom stereocenters. The normalized spacial score (nSPS) is 13.3. The van der Waals surface area contributed by atoms with Crippen molar-refractivity contribution >= 4 is 51.6 Å². The molecule has 1 aromatic heterocycles. The summed E-state index contributed by atoms with van der Waals surface area (Å²) >= 11 is 13.7. The molecule has 35 heavy (non-hydrogen) atoms. The number of fused-ring (bicyclic) bond motifs is 1. The van der Waals surface area contributed by atoms with Crippen LogP contribution in [0.1, 0.15) is 12.5 Å². The Bertz CT molecular complexity index is 1540. The monoisotopic (exact) mass is 526 g/mol. The first-order valence-electron chi connectivity index (χ1n) is 10.3. The zero-order chi connectivity index (χ0) is 24.5. The third kappa shape index (κ3) is 4.79. The van der Waals surface area contributed by atoms with Gasteiger partial charge in [-0.3, -0.25) is 10.1 Å². The maximum absolute atomic E-state index is 11.1.